The SMILES string of the molecule is COCC(=O)N1CCC[C@H](COc2ccc(C(=O)N3CCCCC3)cc2)C1. The van der Waals surface area contributed by atoms with Crippen LogP contribution < -0.4 is 4.74 Å². The molecule has 148 valence electrons. The largest absolute Gasteiger partial charge is 0.493 e. The van der Waals surface area contributed by atoms with Gasteiger partial charge in [0.05, 0.1) is 6.61 Å². The zero-order valence-corrected chi connectivity index (χ0v) is 16.2. The van der Waals surface area contributed by atoms with E-state index in [9.17, 15) is 9.59 Å². The van der Waals surface area contributed by atoms with E-state index in [2.05, 4.69) is 0 Å². The Hall–Kier alpha value is -2.08. The molecule has 1 aromatic rings. The lowest BCUT2D eigenvalue weighted by Gasteiger charge is -2.32. The van der Waals surface area contributed by atoms with Crippen molar-refractivity contribution in [2.75, 3.05) is 46.5 Å². The van der Waals surface area contributed by atoms with Crippen LogP contribution in [0.1, 0.15) is 42.5 Å². The normalized spacial score (nSPS) is 20.4. The van der Waals surface area contributed by atoms with Crippen molar-refractivity contribution in [3.63, 3.8) is 0 Å². The number of likely N-dealkylation sites (tertiary alicyclic amines) is 2. The van der Waals surface area contributed by atoms with Crippen LogP contribution in [0.3, 0.4) is 0 Å². The molecule has 0 aliphatic carbocycles. The second-order valence-corrected chi connectivity index (χ2v) is 7.47. The zero-order valence-electron chi connectivity index (χ0n) is 16.2. The summed E-state index contributed by atoms with van der Waals surface area (Å²) < 4.78 is 10.9. The Morgan fingerprint density at radius 2 is 1.70 bits per heavy atom. The number of rotatable bonds is 6. The van der Waals surface area contributed by atoms with E-state index in [4.69, 9.17) is 9.47 Å². The molecule has 3 rings (SSSR count). The van der Waals surface area contributed by atoms with Gasteiger partial charge in [-0.1, -0.05) is 0 Å². The van der Waals surface area contributed by atoms with E-state index in [0.717, 1.165) is 56.6 Å². The number of benzene rings is 1. The van der Waals surface area contributed by atoms with Crippen molar-refractivity contribution in [1.82, 2.24) is 9.80 Å². The Labute approximate surface area is 161 Å². The third kappa shape index (κ3) is 5.45. The molecule has 2 amide bonds. The van der Waals surface area contributed by atoms with Gasteiger partial charge in [0, 0.05) is 44.8 Å². The summed E-state index contributed by atoms with van der Waals surface area (Å²) >= 11 is 0. The molecule has 2 saturated heterocycles. The zero-order chi connectivity index (χ0) is 19.1. The molecule has 1 aromatic carbocycles. The fraction of sp³-hybridized carbons (Fsp3) is 0.619. The van der Waals surface area contributed by atoms with Gasteiger partial charge in [-0.05, 0) is 56.4 Å². The minimum Gasteiger partial charge on any atom is -0.493 e. The van der Waals surface area contributed by atoms with E-state index in [1.165, 1.54) is 6.42 Å². The van der Waals surface area contributed by atoms with Gasteiger partial charge in [-0.2, -0.15) is 0 Å². The van der Waals surface area contributed by atoms with Crippen LogP contribution in [0.25, 0.3) is 0 Å². The van der Waals surface area contributed by atoms with Gasteiger partial charge < -0.3 is 19.3 Å². The average molecular weight is 374 g/mol. The van der Waals surface area contributed by atoms with Crippen molar-refractivity contribution >= 4 is 11.8 Å². The number of piperidine rings is 2. The fourth-order valence-corrected chi connectivity index (χ4v) is 3.83. The van der Waals surface area contributed by atoms with E-state index in [1.807, 2.05) is 34.1 Å². The maximum atomic E-state index is 12.5. The van der Waals surface area contributed by atoms with Crippen LogP contribution >= 0.6 is 0 Å². The second kappa shape index (κ2) is 9.74. The van der Waals surface area contributed by atoms with Crippen molar-refractivity contribution in [1.29, 1.82) is 0 Å². The summed E-state index contributed by atoms with van der Waals surface area (Å²) in [5, 5.41) is 0. The summed E-state index contributed by atoms with van der Waals surface area (Å²) in [5.41, 5.74) is 0.721. The molecule has 1 atom stereocenters. The molecule has 0 N–H and O–H groups in total. The summed E-state index contributed by atoms with van der Waals surface area (Å²) in [7, 11) is 1.54. The Kier molecular flexibility index (Phi) is 7.10. The Bertz CT molecular complexity index is 626. The van der Waals surface area contributed by atoms with E-state index in [-0.39, 0.29) is 18.4 Å². The van der Waals surface area contributed by atoms with Crippen LogP contribution in [0.5, 0.6) is 5.75 Å². The summed E-state index contributed by atoms with van der Waals surface area (Å²) in [6, 6.07) is 7.44. The van der Waals surface area contributed by atoms with Gasteiger partial charge in [-0.25, -0.2) is 0 Å². The molecule has 2 aliphatic heterocycles. The van der Waals surface area contributed by atoms with E-state index in [1.54, 1.807) is 7.11 Å². The number of ether oxygens (including phenoxy) is 2. The Morgan fingerprint density at radius 1 is 1.00 bits per heavy atom. The molecule has 2 fully saturated rings. The lowest BCUT2D eigenvalue weighted by atomic mass is 9.99. The molecule has 6 heteroatoms. The third-order valence-electron chi connectivity index (χ3n) is 5.37. The van der Waals surface area contributed by atoms with Crippen molar-refractivity contribution < 1.29 is 19.1 Å². The first-order chi connectivity index (χ1) is 13.2. The van der Waals surface area contributed by atoms with Crippen molar-refractivity contribution in [2.45, 2.75) is 32.1 Å². The molecule has 0 saturated carbocycles. The minimum atomic E-state index is 0.0442. The predicted molar refractivity (Wildman–Crippen MR) is 103 cm³/mol. The van der Waals surface area contributed by atoms with Crippen molar-refractivity contribution in [3.8, 4) is 5.75 Å². The first-order valence-corrected chi connectivity index (χ1v) is 9.96. The van der Waals surface area contributed by atoms with Gasteiger partial charge in [0.25, 0.3) is 5.91 Å². The van der Waals surface area contributed by atoms with Crippen LogP contribution in [-0.4, -0.2) is 68.1 Å². The molecule has 2 heterocycles. The summed E-state index contributed by atoms with van der Waals surface area (Å²) in [6.45, 7) is 3.95. The van der Waals surface area contributed by atoms with Crippen LogP contribution in [0.4, 0.5) is 0 Å². The van der Waals surface area contributed by atoms with E-state index >= 15 is 0 Å². The highest BCUT2D eigenvalue weighted by molar-refractivity contribution is 5.94. The lowest BCUT2D eigenvalue weighted by Crippen LogP contribution is -2.43. The number of carbonyl (C=O) groups is 2. The molecule has 0 unspecified atom stereocenters. The van der Waals surface area contributed by atoms with Crippen molar-refractivity contribution in [2.24, 2.45) is 5.92 Å². The van der Waals surface area contributed by atoms with Crippen LogP contribution in [-0.2, 0) is 9.53 Å². The number of hydrogen-bond donors (Lipinski definition) is 0. The highest BCUT2D eigenvalue weighted by Gasteiger charge is 2.24. The maximum absolute atomic E-state index is 12.5. The lowest BCUT2D eigenvalue weighted by molar-refractivity contribution is -0.137. The summed E-state index contributed by atoms with van der Waals surface area (Å²) in [5.74, 6) is 1.25. The highest BCUT2D eigenvalue weighted by atomic mass is 16.5. The van der Waals surface area contributed by atoms with Crippen LogP contribution in [0.2, 0.25) is 0 Å². The highest BCUT2D eigenvalue weighted by Crippen LogP contribution is 2.20. The van der Waals surface area contributed by atoms with E-state index < -0.39 is 0 Å². The molecule has 27 heavy (non-hydrogen) atoms. The van der Waals surface area contributed by atoms with Gasteiger partial charge >= 0.3 is 0 Å². The molecular formula is C21H30N2O4. The number of methoxy groups -OCH3 is 1. The van der Waals surface area contributed by atoms with Crippen LogP contribution in [0.15, 0.2) is 24.3 Å². The quantitative estimate of drug-likeness (QED) is 0.768. The topological polar surface area (TPSA) is 59.1 Å². The number of carbonyl (C=O) groups excluding carboxylic acids is 2. The molecule has 0 spiro atoms. The second-order valence-electron chi connectivity index (χ2n) is 7.47. The van der Waals surface area contributed by atoms with Crippen LogP contribution in [0, 0.1) is 5.92 Å². The number of amides is 2. The maximum Gasteiger partial charge on any atom is 0.253 e. The fourth-order valence-electron chi connectivity index (χ4n) is 3.83. The molecule has 0 aromatic heterocycles. The minimum absolute atomic E-state index is 0.0442. The smallest absolute Gasteiger partial charge is 0.253 e. The molecule has 2 aliphatic rings. The molecule has 6 nitrogen and oxygen atoms in total. The molecular weight excluding hydrogens is 344 g/mol. The molecule has 0 radical (unpaired) electrons. The molecule has 0 bridgehead atoms. The van der Waals surface area contributed by atoms with Crippen molar-refractivity contribution in [3.05, 3.63) is 29.8 Å². The third-order valence-corrected chi connectivity index (χ3v) is 5.37. The van der Waals surface area contributed by atoms with Gasteiger partial charge in [0.15, 0.2) is 0 Å². The predicted octanol–water partition coefficient (Wildman–Crippen LogP) is 2.58. The Morgan fingerprint density at radius 3 is 2.41 bits per heavy atom. The van der Waals surface area contributed by atoms with Gasteiger partial charge in [0.2, 0.25) is 5.91 Å². The van der Waals surface area contributed by atoms with E-state index in [0.29, 0.717) is 19.1 Å². The summed E-state index contributed by atoms with van der Waals surface area (Å²) in [4.78, 5) is 28.3. The van der Waals surface area contributed by atoms with Gasteiger partial charge in [0.1, 0.15) is 12.4 Å². The number of hydrogen-bond acceptors (Lipinski definition) is 4. The van der Waals surface area contributed by atoms with Gasteiger partial charge in [-0.3, -0.25) is 9.59 Å². The van der Waals surface area contributed by atoms with Gasteiger partial charge in [-0.15, -0.1) is 0 Å². The number of nitrogens with zero attached hydrogens (tertiary/aromatic N) is 2. The Balaban J connectivity index is 1.48. The first-order valence-electron chi connectivity index (χ1n) is 9.96. The summed E-state index contributed by atoms with van der Waals surface area (Å²) in [6.07, 6.45) is 5.46. The monoisotopic (exact) mass is 374 g/mol. The first kappa shape index (κ1) is 19.7. The average Bonchev–Trinajstić information content (AvgIpc) is 2.73. The standard InChI is InChI=1S/C21H30N2O4/c1-26-16-20(24)23-13-5-6-17(14-23)15-27-19-9-7-18(8-10-19)21(25)22-11-3-2-4-12-22/h7-10,17H,2-6,11-16H2,1H3/t17-/m0/s1.